The molecule has 4 saturated carbocycles. The number of phenolic OH excluding ortho intramolecular Hbond substituents is 2. The molecule has 5 aromatic rings. The first-order valence-electron chi connectivity index (χ1n) is 40.6. The lowest BCUT2D eigenvalue weighted by molar-refractivity contribution is -0.277. The molecule has 10 aliphatic rings. The van der Waals surface area contributed by atoms with Crippen molar-refractivity contribution in [1.82, 2.24) is 31.5 Å². The normalized spacial score (nSPS) is 27.6. The minimum atomic E-state index is -2.21. The Morgan fingerprint density at radius 2 is 1.29 bits per heavy atom. The summed E-state index contributed by atoms with van der Waals surface area (Å²) in [6, 6.07) is 5.62. The van der Waals surface area contributed by atoms with E-state index < -0.39 is 204 Å². The molecule has 1 saturated heterocycles. The van der Waals surface area contributed by atoms with E-state index >= 15 is 28.8 Å². The van der Waals surface area contributed by atoms with E-state index in [2.05, 4.69) is 33.5 Å². The van der Waals surface area contributed by atoms with Crippen LogP contribution in [0.5, 0.6) is 46.0 Å². The first-order valence-corrected chi connectivity index (χ1v) is 41.4. The largest absolute Gasteiger partial charge is 0.507 e. The second-order valence-electron chi connectivity index (χ2n) is 34.0. The second-order valence-corrected chi connectivity index (χ2v) is 34.8. The predicted octanol–water partition coefficient (Wildman–Crippen LogP) is 9.18. The van der Waals surface area contributed by atoms with Gasteiger partial charge in [-0.05, 0) is 184 Å². The van der Waals surface area contributed by atoms with E-state index in [1.165, 1.54) is 49.5 Å². The summed E-state index contributed by atoms with van der Waals surface area (Å²) in [6.45, 7) is 9.71. The molecule has 31 nitrogen and oxygen atoms in total. The summed E-state index contributed by atoms with van der Waals surface area (Å²) >= 11 is 14.3. The number of fused-ring (bicyclic) bond motifs is 15. The lowest BCUT2D eigenvalue weighted by atomic mass is 9.51. The van der Waals surface area contributed by atoms with Crippen LogP contribution in [0.15, 0.2) is 78.9 Å². The third-order valence-corrected chi connectivity index (χ3v) is 24.3. The number of amides is 7. The van der Waals surface area contributed by atoms with Crippen molar-refractivity contribution in [2.24, 2.45) is 47.2 Å². The summed E-state index contributed by atoms with van der Waals surface area (Å²) in [4.78, 5) is 152. The lowest BCUT2D eigenvalue weighted by Crippen LogP contribution is -2.60. The fraction of sp³-hybridized carbons (Fsp3) is 0.535. The minimum Gasteiger partial charge on any atom is -0.507 e. The summed E-state index contributed by atoms with van der Waals surface area (Å²) < 4.78 is 37.0. The smallest absolute Gasteiger partial charge is 0.412 e. The molecule has 4 aliphatic carbocycles. The van der Waals surface area contributed by atoms with Crippen molar-refractivity contribution >= 4 is 82.3 Å². The molecule has 0 radical (unpaired) electrons. The van der Waals surface area contributed by atoms with Gasteiger partial charge in [0.15, 0.2) is 28.8 Å². The van der Waals surface area contributed by atoms with Crippen molar-refractivity contribution in [3.8, 4) is 57.1 Å². The number of primary amides is 1. The number of phenols is 2. The number of rotatable bonds is 21. The molecule has 119 heavy (non-hydrogen) atoms. The Kier molecular flexibility index (Phi) is 27.9. The van der Waals surface area contributed by atoms with Crippen LogP contribution in [-0.2, 0) is 47.8 Å². The van der Waals surface area contributed by atoms with Crippen molar-refractivity contribution in [1.29, 1.82) is 0 Å². The summed E-state index contributed by atoms with van der Waals surface area (Å²) in [7, 11) is 1.30. The molecule has 7 amide bonds. The molecular weight excluding hydrogens is 1590 g/mol. The number of nitrogens with zero attached hydrogens (tertiary/aromatic N) is 1. The van der Waals surface area contributed by atoms with Gasteiger partial charge in [-0.15, -0.1) is 0 Å². The van der Waals surface area contributed by atoms with Crippen LogP contribution in [0.2, 0.25) is 10.0 Å². The van der Waals surface area contributed by atoms with Crippen LogP contribution in [0.3, 0.4) is 0 Å². The zero-order valence-corrected chi connectivity index (χ0v) is 68.7. The molecule has 14 atom stereocenters. The zero-order valence-electron chi connectivity index (χ0n) is 67.2. The van der Waals surface area contributed by atoms with Crippen molar-refractivity contribution in [3.63, 3.8) is 0 Å². The number of ether oxygens (including phenoxy) is 6. The maximum absolute atomic E-state index is 16.5. The van der Waals surface area contributed by atoms with Gasteiger partial charge in [-0.3, -0.25) is 43.3 Å². The Morgan fingerprint density at radius 3 is 1.90 bits per heavy atom. The van der Waals surface area contributed by atoms with Crippen LogP contribution in [0.4, 0.5) is 9.59 Å². The van der Waals surface area contributed by atoms with E-state index in [0.717, 1.165) is 106 Å². The number of aliphatic hydroxyl groups excluding tert-OH is 6. The van der Waals surface area contributed by atoms with Gasteiger partial charge >= 0.3 is 12.2 Å². The van der Waals surface area contributed by atoms with E-state index in [1.54, 1.807) is 34.6 Å². The number of nitrogens with one attached hydrogen (secondary N) is 5. The van der Waals surface area contributed by atoms with Crippen molar-refractivity contribution < 1.29 is 117 Å². The van der Waals surface area contributed by atoms with Gasteiger partial charge in [-0.2, -0.15) is 0 Å². The average molecular weight is 1690 g/mol. The third kappa shape index (κ3) is 20.3. The summed E-state index contributed by atoms with van der Waals surface area (Å²) in [5, 5.41) is 107. The Balaban J connectivity index is 1.04. The maximum atomic E-state index is 16.5. The molecule has 5 unspecified atom stereocenters. The highest BCUT2D eigenvalue weighted by Crippen LogP contribution is 2.58. The van der Waals surface area contributed by atoms with E-state index in [9.17, 15) is 60.0 Å². The van der Waals surface area contributed by atoms with Gasteiger partial charge in [0.05, 0.1) is 28.5 Å². The summed E-state index contributed by atoms with van der Waals surface area (Å²) in [5.41, 5.74) is 3.14. The average Bonchev–Trinajstić information content (AvgIpc) is 0.756. The van der Waals surface area contributed by atoms with Crippen molar-refractivity contribution in [2.45, 2.75) is 229 Å². The fourth-order valence-corrected chi connectivity index (χ4v) is 18.3. The van der Waals surface area contributed by atoms with E-state index in [4.69, 9.17) is 57.4 Å². The van der Waals surface area contributed by atoms with E-state index in [-0.39, 0.29) is 109 Å². The van der Waals surface area contributed by atoms with Crippen LogP contribution in [-0.4, -0.2) is 179 Å². The van der Waals surface area contributed by atoms with E-state index in [1.807, 2.05) is 0 Å². The van der Waals surface area contributed by atoms with Crippen LogP contribution >= 0.6 is 23.2 Å². The Hall–Kier alpha value is -9.70. The lowest BCUT2D eigenvalue weighted by Gasteiger charge is -2.54. The number of carbonyl (C=O) groups excluding carboxylic acids is 10. The molecule has 33 heteroatoms. The summed E-state index contributed by atoms with van der Waals surface area (Å²) in [6.07, 6.45) is -9.05. The Labute approximate surface area is 697 Å². The minimum absolute atomic E-state index is 0.0267. The predicted molar refractivity (Wildman–Crippen MR) is 429 cm³/mol. The molecular formula is C86H105Cl2N7O24. The molecule has 15 bridgehead atoms. The van der Waals surface area contributed by atoms with Gasteiger partial charge in [0, 0.05) is 56.5 Å². The number of likely N-dealkylation sites (N-methyl/N-ethyl adjacent to an activating group) is 1. The van der Waals surface area contributed by atoms with Crippen LogP contribution < -0.4 is 51.3 Å². The first kappa shape index (κ1) is 88.6. The number of nitrogens with two attached hydrogens (primary N) is 1. The number of aromatic hydroxyl groups is 2. The number of ketones is 3. The number of Topliss-reactive ketones (excluding diaryl/α,β-unsaturated/α-hetero) is 3. The Bertz CT molecular complexity index is 4660. The standard InChI is InChI=1S/C86H105Cl2N7O24/c1-8-9-10-11-12-13-20-90-84(112)114-49-34-53-68(58(98)35-49)52-27-42(14-17-57(52)97)51-37-60(100)69-47-31-64(115-62-18-15-43(28-54(62)87)73(103)71(59(99)30-48(33-67(89)102)79(108)91-69)93-81(110)56(21-39(2)3)95(7)85(113)119-86(4,5)6)78(118-83-77(107)76(106)75(105)66(38-96)117-83)65(32-47)116-63-19-16-44(29-55(63)88)74(104)72(94-80(51)109)82(111)92-70(53)61(101)36-50-45-23-40-22-41(25-45)26-46(50)24-40/h14-19,27-29,31-32,34-35,39-41,45-46,48,50-51,56,66,69-77,83,96-98,103-107H,8-13,20-26,30,33,36-38H2,1-7H3,(H2,89,102)(H,90,112)(H,91,108)(H,92,111)(H,93,110)(H,94,109)/t40?,41?,45?,46?,48-,50?,51+,56+,66?,69+,70-,71-,72+,73+,74+,75?,76?,77?,83?/m0/s1. The molecule has 15 rings (SSSR count). The van der Waals surface area contributed by atoms with Crippen LogP contribution in [0, 0.1) is 41.4 Å². The number of aliphatic hydroxyl groups is 6. The zero-order chi connectivity index (χ0) is 85.9. The van der Waals surface area contributed by atoms with Crippen molar-refractivity contribution in [3.05, 3.63) is 117 Å². The van der Waals surface area contributed by atoms with E-state index in [0.29, 0.717) is 18.3 Å². The Morgan fingerprint density at radius 1 is 0.672 bits per heavy atom. The molecule has 0 aromatic heterocycles. The second kappa shape index (κ2) is 37.5. The van der Waals surface area contributed by atoms with Crippen LogP contribution in [0.1, 0.15) is 202 Å². The fourth-order valence-electron chi connectivity index (χ4n) is 17.8. The number of benzene rings is 5. The molecule has 0 spiro atoms. The highest BCUT2D eigenvalue weighted by molar-refractivity contribution is 6.32. The monoisotopic (exact) mass is 1690 g/mol. The van der Waals surface area contributed by atoms with Gasteiger partial charge in [0.25, 0.3) is 0 Å². The van der Waals surface area contributed by atoms with Gasteiger partial charge in [0.1, 0.15) is 101 Å². The summed E-state index contributed by atoms with van der Waals surface area (Å²) in [5.74, 6) is -15.9. The van der Waals surface area contributed by atoms with Crippen LogP contribution in [0.25, 0.3) is 11.1 Å². The maximum Gasteiger partial charge on any atom is 0.412 e. The topological polar surface area (TPSA) is 477 Å². The molecule has 5 aromatic carbocycles. The molecule has 15 N–H and O–H groups in total. The SMILES string of the molecule is CCCCCCCCNC(=O)Oc1cc(O)c2c(c1)[C@@H](C(=O)CC1C3CC4CC(C3)CC1C4)NC(=O)[C@@H]1NC(=O)[C@H](CC(=O)[C@@H]3NC(=O)[C@H](CC(N)=O)CC(=O)[C@H](NC(=O)[C@@H](CC(C)C)N(C)C(=O)OC(C)(C)C)[C@H](O)c4ccc(c(Cl)c4)Oc4cc3cc(c4OC3OC(CO)C(O)C(O)C3O)Oc3ccc(cc3Cl)[C@H]1O)c1ccc(O)c-2c1. The first-order chi connectivity index (χ1) is 56.4. The number of hydrogen-bond acceptors (Lipinski definition) is 24. The van der Waals surface area contributed by atoms with Gasteiger partial charge in [-0.1, -0.05) is 94.3 Å². The van der Waals surface area contributed by atoms with Crippen molar-refractivity contribution in [2.75, 3.05) is 20.2 Å². The quantitative estimate of drug-likeness (QED) is 0.0304. The number of unbranched alkanes of at least 4 members (excludes halogenated alkanes) is 5. The number of hydrogen-bond donors (Lipinski definition) is 14. The number of carbonyl (C=O) groups is 10. The third-order valence-electron chi connectivity index (χ3n) is 23.7. The molecule has 642 valence electrons. The highest BCUT2D eigenvalue weighted by atomic mass is 35.5. The molecule has 5 fully saturated rings. The van der Waals surface area contributed by atoms with Gasteiger partial charge in [0.2, 0.25) is 41.6 Å². The number of halogens is 2. The molecule has 6 heterocycles. The highest BCUT2D eigenvalue weighted by Gasteiger charge is 2.51. The molecule has 6 aliphatic heterocycles. The van der Waals surface area contributed by atoms with Gasteiger partial charge in [-0.25, -0.2) is 9.59 Å². The van der Waals surface area contributed by atoms with Gasteiger partial charge < -0.3 is 102 Å².